The van der Waals surface area contributed by atoms with Crippen LogP contribution in [0.2, 0.25) is 0 Å². The summed E-state index contributed by atoms with van der Waals surface area (Å²) in [5.74, 6) is -2.99. The fourth-order valence-electron chi connectivity index (χ4n) is 1.46. The lowest BCUT2D eigenvalue weighted by atomic mass is 10.0. The molecule has 4 heteroatoms. The quantitative estimate of drug-likeness (QED) is 0.731. The van der Waals surface area contributed by atoms with Crippen LogP contribution >= 0.6 is 0 Å². The first-order valence-electron chi connectivity index (χ1n) is 4.83. The van der Waals surface area contributed by atoms with E-state index in [9.17, 15) is 18.0 Å². The van der Waals surface area contributed by atoms with Gasteiger partial charge in [0.05, 0.1) is 5.56 Å². The van der Waals surface area contributed by atoms with Gasteiger partial charge in [-0.2, -0.15) is 0 Å². The Bertz CT molecular complexity index is 579. The van der Waals surface area contributed by atoms with E-state index in [1.807, 2.05) is 0 Å². The Morgan fingerprint density at radius 2 is 1.59 bits per heavy atom. The maximum atomic E-state index is 13.3. The van der Waals surface area contributed by atoms with E-state index in [1.165, 1.54) is 18.2 Å². The Balaban J connectivity index is 2.44. The lowest BCUT2D eigenvalue weighted by Crippen LogP contribution is -2.04. The molecule has 0 radical (unpaired) electrons. The highest BCUT2D eigenvalue weighted by Crippen LogP contribution is 2.15. The molecule has 0 atom stereocenters. The summed E-state index contributed by atoms with van der Waals surface area (Å²) in [5, 5.41) is 0. The molecule has 17 heavy (non-hydrogen) atoms. The number of rotatable bonds is 2. The molecule has 2 aromatic rings. The minimum absolute atomic E-state index is 0.0236. The number of hydrogen-bond donors (Lipinski definition) is 0. The first kappa shape index (κ1) is 11.4. The second-order valence-electron chi connectivity index (χ2n) is 3.46. The second-order valence-corrected chi connectivity index (χ2v) is 3.46. The predicted molar refractivity (Wildman–Crippen MR) is 56.2 cm³/mol. The Labute approximate surface area is 95.5 Å². The molecule has 0 amide bonds. The van der Waals surface area contributed by atoms with Crippen molar-refractivity contribution in [2.45, 2.75) is 0 Å². The molecule has 0 aliphatic rings. The van der Waals surface area contributed by atoms with Crippen molar-refractivity contribution in [1.82, 2.24) is 0 Å². The molecular formula is C13H7F3O. The van der Waals surface area contributed by atoms with Crippen molar-refractivity contribution >= 4 is 5.78 Å². The topological polar surface area (TPSA) is 17.1 Å². The summed E-state index contributed by atoms with van der Waals surface area (Å²) in [6.45, 7) is 0. The van der Waals surface area contributed by atoms with Gasteiger partial charge >= 0.3 is 0 Å². The molecule has 0 saturated heterocycles. The average molecular weight is 236 g/mol. The van der Waals surface area contributed by atoms with E-state index in [2.05, 4.69) is 0 Å². The molecule has 0 aromatic heterocycles. The molecule has 2 aromatic carbocycles. The van der Waals surface area contributed by atoms with E-state index in [-0.39, 0.29) is 11.1 Å². The van der Waals surface area contributed by atoms with Crippen LogP contribution in [0.15, 0.2) is 42.5 Å². The first-order chi connectivity index (χ1) is 8.08. The molecule has 0 saturated carbocycles. The molecule has 0 bridgehead atoms. The fourth-order valence-corrected chi connectivity index (χ4v) is 1.46. The SMILES string of the molecule is O=C(c1cccc(F)c1)c1ccc(F)cc1F. The van der Waals surface area contributed by atoms with Crippen molar-refractivity contribution in [3.05, 3.63) is 71.0 Å². The van der Waals surface area contributed by atoms with Gasteiger partial charge in [-0.1, -0.05) is 12.1 Å². The van der Waals surface area contributed by atoms with E-state index in [1.54, 1.807) is 0 Å². The van der Waals surface area contributed by atoms with Gasteiger partial charge in [-0.05, 0) is 24.3 Å². The van der Waals surface area contributed by atoms with Crippen LogP contribution in [0.1, 0.15) is 15.9 Å². The number of carbonyl (C=O) groups excluding carboxylic acids is 1. The zero-order valence-corrected chi connectivity index (χ0v) is 8.58. The highest BCUT2D eigenvalue weighted by Gasteiger charge is 2.14. The normalized spacial score (nSPS) is 10.3. The molecule has 0 aliphatic carbocycles. The number of benzene rings is 2. The number of hydrogen-bond acceptors (Lipinski definition) is 1. The second kappa shape index (κ2) is 4.41. The third-order valence-electron chi connectivity index (χ3n) is 2.26. The van der Waals surface area contributed by atoms with Gasteiger partial charge in [0.15, 0.2) is 5.78 Å². The highest BCUT2D eigenvalue weighted by molar-refractivity contribution is 6.09. The molecular weight excluding hydrogens is 229 g/mol. The maximum Gasteiger partial charge on any atom is 0.196 e. The molecule has 0 aliphatic heterocycles. The summed E-state index contributed by atoms with van der Waals surface area (Å²) < 4.78 is 38.9. The molecule has 2 rings (SSSR count). The van der Waals surface area contributed by atoms with Crippen LogP contribution in [-0.2, 0) is 0 Å². The zero-order chi connectivity index (χ0) is 12.4. The van der Waals surface area contributed by atoms with Crippen LogP contribution in [0.25, 0.3) is 0 Å². The summed E-state index contributed by atoms with van der Waals surface area (Å²) in [5.41, 5.74) is -0.257. The molecule has 0 fully saturated rings. The summed E-state index contributed by atoms with van der Waals surface area (Å²) in [7, 11) is 0. The molecule has 86 valence electrons. The van der Waals surface area contributed by atoms with Gasteiger partial charge in [-0.25, -0.2) is 13.2 Å². The largest absolute Gasteiger partial charge is 0.288 e. The highest BCUT2D eigenvalue weighted by atomic mass is 19.1. The van der Waals surface area contributed by atoms with Crippen LogP contribution in [0.3, 0.4) is 0 Å². The standard InChI is InChI=1S/C13H7F3O/c14-9-3-1-2-8(6-9)13(17)11-5-4-10(15)7-12(11)16/h1-7H. The van der Waals surface area contributed by atoms with Crippen molar-refractivity contribution in [3.63, 3.8) is 0 Å². The Morgan fingerprint density at radius 1 is 0.882 bits per heavy atom. The van der Waals surface area contributed by atoms with Gasteiger partial charge in [0.2, 0.25) is 0 Å². The van der Waals surface area contributed by atoms with Gasteiger partial charge in [0, 0.05) is 11.6 Å². The van der Waals surface area contributed by atoms with Crippen LogP contribution in [0, 0.1) is 17.5 Å². The smallest absolute Gasteiger partial charge is 0.196 e. The van der Waals surface area contributed by atoms with Gasteiger partial charge < -0.3 is 0 Å². The van der Waals surface area contributed by atoms with E-state index >= 15 is 0 Å². The van der Waals surface area contributed by atoms with E-state index in [0.717, 1.165) is 18.2 Å². The summed E-state index contributed by atoms with van der Waals surface area (Å²) in [4.78, 5) is 11.8. The van der Waals surface area contributed by atoms with E-state index in [4.69, 9.17) is 0 Å². The van der Waals surface area contributed by atoms with Crippen LogP contribution in [0.5, 0.6) is 0 Å². The Kier molecular flexibility index (Phi) is 2.95. The first-order valence-corrected chi connectivity index (χ1v) is 4.83. The fraction of sp³-hybridized carbons (Fsp3) is 0. The summed E-state index contributed by atoms with van der Waals surface area (Å²) in [6, 6.07) is 7.54. The van der Waals surface area contributed by atoms with Crippen molar-refractivity contribution in [2.24, 2.45) is 0 Å². The van der Waals surface area contributed by atoms with Gasteiger partial charge in [0.25, 0.3) is 0 Å². The Hall–Kier alpha value is -2.10. The third-order valence-corrected chi connectivity index (χ3v) is 2.26. The molecule has 0 spiro atoms. The zero-order valence-electron chi connectivity index (χ0n) is 8.58. The third kappa shape index (κ3) is 2.36. The lowest BCUT2D eigenvalue weighted by Gasteiger charge is -2.02. The molecule has 0 N–H and O–H groups in total. The number of halogens is 3. The number of carbonyl (C=O) groups is 1. The van der Waals surface area contributed by atoms with E-state index in [0.29, 0.717) is 6.07 Å². The molecule has 0 unspecified atom stereocenters. The minimum atomic E-state index is -0.959. The van der Waals surface area contributed by atoms with Crippen LogP contribution in [-0.4, -0.2) is 5.78 Å². The maximum absolute atomic E-state index is 13.3. The summed E-state index contributed by atoms with van der Waals surface area (Å²) >= 11 is 0. The number of ketones is 1. The Morgan fingerprint density at radius 3 is 2.24 bits per heavy atom. The van der Waals surface area contributed by atoms with Crippen molar-refractivity contribution in [2.75, 3.05) is 0 Å². The predicted octanol–water partition coefficient (Wildman–Crippen LogP) is 3.33. The van der Waals surface area contributed by atoms with Crippen molar-refractivity contribution in [3.8, 4) is 0 Å². The van der Waals surface area contributed by atoms with E-state index < -0.39 is 23.2 Å². The molecule has 0 heterocycles. The van der Waals surface area contributed by atoms with Gasteiger partial charge in [-0.3, -0.25) is 4.79 Å². The van der Waals surface area contributed by atoms with Crippen molar-refractivity contribution in [1.29, 1.82) is 0 Å². The molecule has 1 nitrogen and oxygen atoms in total. The van der Waals surface area contributed by atoms with Gasteiger partial charge in [0.1, 0.15) is 17.5 Å². The van der Waals surface area contributed by atoms with Gasteiger partial charge in [-0.15, -0.1) is 0 Å². The minimum Gasteiger partial charge on any atom is -0.288 e. The lowest BCUT2D eigenvalue weighted by molar-refractivity contribution is 0.103. The van der Waals surface area contributed by atoms with Crippen molar-refractivity contribution < 1.29 is 18.0 Å². The summed E-state index contributed by atoms with van der Waals surface area (Å²) in [6.07, 6.45) is 0. The van der Waals surface area contributed by atoms with Crippen LogP contribution < -0.4 is 0 Å². The van der Waals surface area contributed by atoms with Crippen LogP contribution in [0.4, 0.5) is 13.2 Å². The monoisotopic (exact) mass is 236 g/mol. The average Bonchev–Trinajstić information content (AvgIpc) is 2.28.